The molecule has 0 aliphatic rings. The number of pyridine rings is 1. The number of aryl methyl sites for hydroxylation is 1. The zero-order valence-corrected chi connectivity index (χ0v) is 24.5. The van der Waals surface area contributed by atoms with Gasteiger partial charge in [-0.1, -0.05) is 66.7 Å². The first-order valence-electron chi connectivity index (χ1n) is 14.2. The van der Waals surface area contributed by atoms with Crippen molar-refractivity contribution in [2.24, 2.45) is 0 Å². The van der Waals surface area contributed by atoms with Crippen LogP contribution in [0.4, 0.5) is 11.4 Å². The number of carbonyl (C=O) groups is 2. The fraction of sp³-hybridized carbons (Fsp3) is 0.171. The highest BCUT2D eigenvalue weighted by Gasteiger charge is 2.24. The summed E-state index contributed by atoms with van der Waals surface area (Å²) in [6.07, 6.45) is 1.91. The Kier molecular flexibility index (Phi) is 9.25. The van der Waals surface area contributed by atoms with Gasteiger partial charge < -0.3 is 19.9 Å². The van der Waals surface area contributed by atoms with Gasteiger partial charge in [0.25, 0.3) is 11.2 Å². The summed E-state index contributed by atoms with van der Waals surface area (Å²) in [4.78, 5) is 51.6. The lowest BCUT2D eigenvalue weighted by molar-refractivity contribution is -0.379. The quantitative estimate of drug-likeness (QED) is 0.217. The number of hydrogen-bond donors (Lipinski definition) is 3. The van der Waals surface area contributed by atoms with Crippen LogP contribution in [0, 0.1) is 11.8 Å². The van der Waals surface area contributed by atoms with Gasteiger partial charge in [-0.2, -0.15) is 0 Å². The van der Waals surface area contributed by atoms with Crippen molar-refractivity contribution in [1.29, 1.82) is 0 Å². The number of methoxy groups -OCH3 is 1. The number of fused-ring (bicyclic) bond motifs is 1. The maximum atomic E-state index is 13.7. The summed E-state index contributed by atoms with van der Waals surface area (Å²) < 4.78 is 6.74. The molecular weight excluding hydrogens is 556 g/mol. The van der Waals surface area contributed by atoms with Crippen LogP contribution >= 0.6 is 0 Å². The topological polar surface area (TPSA) is 120 Å². The standard InChI is InChI=1S/C35H32N4O5/c1-23-18-19-39(22-25-12-16-29(44-2)17-13-25)35(42)33(23)37-34(41)31(20-24-10-14-28(38-43)15-11-24)36-32(40)21-27-8-5-7-26-6-3-4-9-30(26)27/h3-19,31H,20-22H2,1-2H3,(H,36,40)(H,37,41)/p+1/t31-/m0/s1. The summed E-state index contributed by atoms with van der Waals surface area (Å²) in [6, 6.07) is 28.4. The van der Waals surface area contributed by atoms with Gasteiger partial charge in [0.05, 0.1) is 20.1 Å². The van der Waals surface area contributed by atoms with Crippen LogP contribution in [0.2, 0.25) is 0 Å². The van der Waals surface area contributed by atoms with Crippen molar-refractivity contribution >= 4 is 34.0 Å². The van der Waals surface area contributed by atoms with E-state index >= 15 is 0 Å². The number of carbonyl (C=O) groups excluding carboxylic acids is 2. The Morgan fingerprint density at radius 3 is 2.32 bits per heavy atom. The summed E-state index contributed by atoms with van der Waals surface area (Å²) in [5, 5.41) is 9.49. The number of nitrogens with zero attached hydrogens (tertiary/aromatic N) is 1. The average molecular weight is 590 g/mol. The van der Waals surface area contributed by atoms with Gasteiger partial charge in [0.15, 0.2) is 0 Å². The molecule has 4 aromatic carbocycles. The number of rotatable bonds is 11. The number of amides is 2. The number of ether oxygens (including phenoxy) is 1. The van der Waals surface area contributed by atoms with E-state index in [4.69, 9.17) is 4.74 Å². The van der Waals surface area contributed by atoms with E-state index in [1.807, 2.05) is 71.9 Å². The number of benzene rings is 4. The minimum atomic E-state index is -0.988. The lowest BCUT2D eigenvalue weighted by Gasteiger charge is -2.20. The predicted molar refractivity (Wildman–Crippen MR) is 170 cm³/mol. The van der Waals surface area contributed by atoms with E-state index in [0.717, 1.165) is 27.5 Å². The molecule has 0 saturated heterocycles. The fourth-order valence-corrected chi connectivity index (χ4v) is 5.10. The molecule has 222 valence electrons. The van der Waals surface area contributed by atoms with Crippen molar-refractivity contribution in [1.82, 2.24) is 9.88 Å². The minimum absolute atomic E-state index is 0.0726. The van der Waals surface area contributed by atoms with Crippen molar-refractivity contribution in [2.75, 3.05) is 12.4 Å². The maximum absolute atomic E-state index is 13.7. The van der Waals surface area contributed by atoms with Crippen molar-refractivity contribution in [2.45, 2.75) is 32.4 Å². The molecule has 3 N–H and O–H groups in total. The second kappa shape index (κ2) is 13.6. The van der Waals surface area contributed by atoms with Gasteiger partial charge in [-0.3, -0.25) is 14.4 Å². The zero-order chi connectivity index (χ0) is 31.1. The summed E-state index contributed by atoms with van der Waals surface area (Å²) in [5.74, 6) is -0.142. The Balaban J connectivity index is 1.38. The molecule has 9 heteroatoms. The Bertz CT molecular complexity index is 1860. The fourth-order valence-electron chi connectivity index (χ4n) is 5.10. The zero-order valence-electron chi connectivity index (χ0n) is 24.5. The van der Waals surface area contributed by atoms with Crippen LogP contribution < -0.4 is 26.1 Å². The van der Waals surface area contributed by atoms with Gasteiger partial charge in [0.2, 0.25) is 11.8 Å². The number of nitroso groups, excluding NO2 is 1. The lowest BCUT2D eigenvalue weighted by atomic mass is 10.0. The van der Waals surface area contributed by atoms with E-state index < -0.39 is 11.9 Å². The molecule has 9 nitrogen and oxygen atoms in total. The Morgan fingerprint density at radius 1 is 0.886 bits per heavy atom. The van der Waals surface area contributed by atoms with Crippen LogP contribution in [0.3, 0.4) is 0 Å². The van der Waals surface area contributed by atoms with Crippen molar-refractivity contribution < 1.29 is 19.5 Å². The van der Waals surface area contributed by atoms with Gasteiger partial charge in [-0.05, 0) is 58.1 Å². The van der Waals surface area contributed by atoms with Crippen molar-refractivity contribution in [3.05, 3.63) is 141 Å². The van der Waals surface area contributed by atoms with Crippen LogP contribution in [0.5, 0.6) is 5.75 Å². The maximum Gasteiger partial charge on any atom is 0.274 e. The Hall–Kier alpha value is -5.57. The highest BCUT2D eigenvalue weighted by atomic mass is 16.5. The van der Waals surface area contributed by atoms with E-state index in [-0.39, 0.29) is 30.0 Å². The summed E-state index contributed by atoms with van der Waals surface area (Å²) in [5.41, 5.74) is 3.23. The van der Waals surface area contributed by atoms with E-state index in [0.29, 0.717) is 23.5 Å². The van der Waals surface area contributed by atoms with Crippen molar-refractivity contribution in [3.8, 4) is 5.75 Å². The molecule has 2 amide bonds. The largest absolute Gasteiger partial charge is 0.497 e. The third-order valence-corrected chi connectivity index (χ3v) is 7.53. The molecule has 5 rings (SSSR count). The lowest BCUT2D eigenvalue weighted by Crippen LogP contribution is -2.55. The van der Waals surface area contributed by atoms with Crippen LogP contribution in [-0.4, -0.2) is 29.5 Å². The molecule has 1 heterocycles. The van der Waals surface area contributed by atoms with E-state index in [1.165, 1.54) is 4.57 Å². The normalized spacial score (nSPS) is 11.5. The molecule has 0 unspecified atom stereocenters. The second-order valence-electron chi connectivity index (χ2n) is 10.6. The van der Waals surface area contributed by atoms with Gasteiger partial charge in [0.1, 0.15) is 17.5 Å². The number of anilines is 1. The first-order chi connectivity index (χ1) is 21.3. The Morgan fingerprint density at radius 2 is 1.59 bits per heavy atom. The third-order valence-electron chi connectivity index (χ3n) is 7.53. The molecule has 0 spiro atoms. The van der Waals surface area contributed by atoms with Crippen LogP contribution in [-0.2, 0) is 29.0 Å². The van der Waals surface area contributed by atoms with Crippen LogP contribution in [0.15, 0.2) is 108 Å². The molecule has 1 aromatic heterocycles. The van der Waals surface area contributed by atoms with Crippen LogP contribution in [0.1, 0.15) is 22.3 Å². The third kappa shape index (κ3) is 7.07. The SMILES string of the molecule is COc1ccc(Cn2ccc(C)c(NC(=O)[C@H](Cc3ccc([NH+]=O)cc3)NC(=O)Cc3cccc4ccccc34)c2=O)cc1. The van der Waals surface area contributed by atoms with Crippen molar-refractivity contribution in [3.63, 3.8) is 0 Å². The molecular formula is C35H33N4O5+. The van der Waals surface area contributed by atoms with E-state index in [9.17, 15) is 19.3 Å². The molecule has 0 aliphatic heterocycles. The van der Waals surface area contributed by atoms with Gasteiger partial charge >= 0.3 is 0 Å². The predicted octanol–water partition coefficient (Wildman–Crippen LogP) is 3.75. The molecule has 0 bridgehead atoms. The summed E-state index contributed by atoms with van der Waals surface area (Å²) in [6.45, 7) is 2.05. The molecule has 0 aliphatic carbocycles. The van der Waals surface area contributed by atoms with Gasteiger partial charge in [-0.25, -0.2) is 0 Å². The number of hydrogen-bond acceptors (Lipinski definition) is 5. The number of nitrogens with one attached hydrogen (secondary N) is 3. The Labute approximate surface area is 254 Å². The second-order valence-corrected chi connectivity index (χ2v) is 10.6. The van der Waals surface area contributed by atoms with E-state index in [2.05, 4.69) is 10.6 Å². The highest BCUT2D eigenvalue weighted by molar-refractivity contribution is 5.98. The molecule has 0 radical (unpaired) electrons. The smallest absolute Gasteiger partial charge is 0.274 e. The van der Waals surface area contributed by atoms with Crippen LogP contribution in [0.25, 0.3) is 10.8 Å². The summed E-state index contributed by atoms with van der Waals surface area (Å²) in [7, 11) is 1.59. The molecule has 44 heavy (non-hydrogen) atoms. The van der Waals surface area contributed by atoms with E-state index in [1.54, 1.807) is 50.6 Å². The first kappa shape index (κ1) is 29.9. The number of aromatic nitrogens is 1. The van der Waals surface area contributed by atoms with Gasteiger partial charge in [-0.15, -0.1) is 0 Å². The molecule has 1 atom stereocenters. The van der Waals surface area contributed by atoms with Gasteiger partial charge in [0, 0.05) is 34.8 Å². The average Bonchev–Trinajstić information content (AvgIpc) is 3.05. The highest BCUT2D eigenvalue weighted by Crippen LogP contribution is 2.19. The molecule has 0 saturated carbocycles. The minimum Gasteiger partial charge on any atom is -0.497 e. The molecule has 0 fully saturated rings. The summed E-state index contributed by atoms with van der Waals surface area (Å²) >= 11 is 0. The molecule has 5 aromatic rings. The monoisotopic (exact) mass is 589 g/mol. The first-order valence-corrected chi connectivity index (χ1v) is 14.2.